The molecule has 0 spiro atoms. The highest BCUT2D eigenvalue weighted by Crippen LogP contribution is 2.42. The molecule has 27 heavy (non-hydrogen) atoms. The van der Waals surface area contributed by atoms with Crippen molar-refractivity contribution < 1.29 is 22.7 Å². The van der Waals surface area contributed by atoms with Crippen LogP contribution in [0.5, 0.6) is 0 Å². The van der Waals surface area contributed by atoms with Crippen LogP contribution in [0.15, 0.2) is 53.4 Å². The average Bonchev–Trinajstić information content (AvgIpc) is 3.06. The molecule has 2 aromatic rings. The summed E-state index contributed by atoms with van der Waals surface area (Å²) >= 11 is 0. The van der Waals surface area contributed by atoms with Gasteiger partial charge < -0.3 is 5.11 Å². The molecule has 0 amide bonds. The van der Waals surface area contributed by atoms with Gasteiger partial charge in [0.05, 0.1) is 10.9 Å². The zero-order chi connectivity index (χ0) is 19.6. The van der Waals surface area contributed by atoms with E-state index in [2.05, 4.69) is 0 Å². The summed E-state index contributed by atoms with van der Waals surface area (Å²) in [5.74, 6) is -1.33. The lowest BCUT2D eigenvalue weighted by molar-refractivity contribution is -0.137. The molecule has 7 heteroatoms. The quantitative estimate of drug-likeness (QED) is 0.811. The fourth-order valence-corrected chi connectivity index (χ4v) is 5.50. The van der Waals surface area contributed by atoms with Gasteiger partial charge in [-0.3, -0.25) is 4.79 Å². The van der Waals surface area contributed by atoms with Crippen LogP contribution in [0.4, 0.5) is 4.39 Å². The monoisotopic (exact) mass is 391 g/mol. The summed E-state index contributed by atoms with van der Waals surface area (Å²) in [5.41, 5.74) is 1.66. The Kier molecular flexibility index (Phi) is 5.62. The first-order chi connectivity index (χ1) is 12.8. The van der Waals surface area contributed by atoms with Crippen molar-refractivity contribution in [2.75, 3.05) is 0 Å². The molecule has 1 N–H and O–H groups in total. The molecular weight excluding hydrogens is 369 g/mol. The van der Waals surface area contributed by atoms with Crippen molar-refractivity contribution in [2.24, 2.45) is 0 Å². The van der Waals surface area contributed by atoms with Crippen molar-refractivity contribution >= 4 is 16.0 Å². The number of carboxylic acids is 1. The van der Waals surface area contributed by atoms with Crippen LogP contribution in [-0.4, -0.2) is 29.8 Å². The maximum atomic E-state index is 13.4. The SMILES string of the molecule is Cc1ccc(S(=O)(=O)N2[C@@H](CCC(=O)O)CC[C@H]2c2ccc(F)cc2)cc1. The van der Waals surface area contributed by atoms with Crippen LogP contribution >= 0.6 is 0 Å². The minimum atomic E-state index is -3.81. The maximum Gasteiger partial charge on any atom is 0.303 e. The van der Waals surface area contributed by atoms with Crippen molar-refractivity contribution in [1.29, 1.82) is 0 Å². The maximum absolute atomic E-state index is 13.4. The summed E-state index contributed by atoms with van der Waals surface area (Å²) in [6.45, 7) is 1.88. The topological polar surface area (TPSA) is 74.7 Å². The van der Waals surface area contributed by atoms with E-state index in [0.29, 0.717) is 18.4 Å². The molecule has 1 fully saturated rings. The Balaban J connectivity index is 2.00. The molecule has 0 unspecified atom stereocenters. The number of halogens is 1. The predicted octanol–water partition coefficient (Wildman–Crippen LogP) is 3.89. The molecular formula is C20H22FNO4S. The molecule has 0 aliphatic carbocycles. The number of rotatable bonds is 6. The smallest absolute Gasteiger partial charge is 0.303 e. The Labute approximate surface area is 158 Å². The van der Waals surface area contributed by atoms with E-state index in [1.165, 1.54) is 16.4 Å². The largest absolute Gasteiger partial charge is 0.481 e. The molecule has 0 aromatic heterocycles. The van der Waals surface area contributed by atoms with Crippen LogP contribution in [0.1, 0.15) is 42.9 Å². The average molecular weight is 391 g/mol. The Hall–Kier alpha value is -2.25. The van der Waals surface area contributed by atoms with Crippen molar-refractivity contribution in [3.63, 3.8) is 0 Å². The van der Waals surface area contributed by atoms with E-state index in [9.17, 15) is 17.6 Å². The van der Waals surface area contributed by atoms with Gasteiger partial charge in [0.1, 0.15) is 5.82 Å². The number of sulfonamides is 1. The molecule has 2 aromatic carbocycles. The first-order valence-corrected chi connectivity index (χ1v) is 10.3. The van der Waals surface area contributed by atoms with E-state index in [4.69, 9.17) is 5.11 Å². The van der Waals surface area contributed by atoms with E-state index in [1.807, 2.05) is 6.92 Å². The number of hydrogen-bond donors (Lipinski definition) is 1. The minimum absolute atomic E-state index is 0.0965. The summed E-state index contributed by atoms with van der Waals surface area (Å²) in [6.07, 6.45) is 1.29. The van der Waals surface area contributed by atoms with Gasteiger partial charge in [-0.15, -0.1) is 0 Å². The highest BCUT2D eigenvalue weighted by Gasteiger charge is 2.42. The van der Waals surface area contributed by atoms with Gasteiger partial charge in [-0.2, -0.15) is 4.31 Å². The lowest BCUT2D eigenvalue weighted by Gasteiger charge is -2.29. The zero-order valence-corrected chi connectivity index (χ0v) is 15.8. The zero-order valence-electron chi connectivity index (χ0n) is 15.0. The number of hydrogen-bond acceptors (Lipinski definition) is 3. The van der Waals surface area contributed by atoms with Crippen LogP contribution in [0.2, 0.25) is 0 Å². The summed E-state index contributed by atoms with van der Waals surface area (Å²) < 4.78 is 41.4. The van der Waals surface area contributed by atoms with Crippen molar-refractivity contribution in [1.82, 2.24) is 4.31 Å². The molecule has 144 valence electrons. The second-order valence-corrected chi connectivity index (χ2v) is 8.72. The molecule has 1 aliphatic heterocycles. The second kappa shape index (κ2) is 7.78. The summed E-state index contributed by atoms with van der Waals surface area (Å²) in [5, 5.41) is 9.01. The van der Waals surface area contributed by atoms with Gasteiger partial charge in [0.15, 0.2) is 0 Å². The van der Waals surface area contributed by atoms with Crippen LogP contribution in [-0.2, 0) is 14.8 Å². The molecule has 2 atom stereocenters. The highest BCUT2D eigenvalue weighted by atomic mass is 32.2. The standard InChI is InChI=1S/C20H22FNO4S/c1-14-2-10-18(11-3-14)27(25,26)22-17(9-13-20(23)24)8-12-19(22)15-4-6-16(21)7-5-15/h2-7,10-11,17,19H,8-9,12-13H2,1H3,(H,23,24)/t17-,19+/m1/s1. The predicted molar refractivity (Wildman–Crippen MR) is 99.2 cm³/mol. The molecule has 0 saturated carbocycles. The van der Waals surface area contributed by atoms with Crippen LogP contribution in [0.25, 0.3) is 0 Å². The number of aliphatic carboxylic acids is 1. The first-order valence-electron chi connectivity index (χ1n) is 8.86. The number of aryl methyl sites for hydroxylation is 1. The number of benzene rings is 2. The number of carbonyl (C=O) groups is 1. The summed E-state index contributed by atoms with van der Waals surface area (Å²) in [4.78, 5) is 11.2. The fourth-order valence-electron chi connectivity index (χ4n) is 3.62. The first kappa shape index (κ1) is 19.5. The molecule has 1 aliphatic rings. The Morgan fingerprint density at radius 2 is 1.74 bits per heavy atom. The third kappa shape index (κ3) is 4.20. The normalized spacial score (nSPS) is 20.7. The van der Waals surface area contributed by atoms with Crippen molar-refractivity contribution in [3.05, 3.63) is 65.5 Å². The summed E-state index contributed by atoms with van der Waals surface area (Å²) in [6, 6.07) is 11.6. The van der Waals surface area contributed by atoms with Gasteiger partial charge >= 0.3 is 5.97 Å². The van der Waals surface area contributed by atoms with Crippen LogP contribution < -0.4 is 0 Å². The molecule has 1 saturated heterocycles. The van der Waals surface area contributed by atoms with E-state index in [1.54, 1.807) is 36.4 Å². The van der Waals surface area contributed by atoms with E-state index in [-0.39, 0.29) is 23.6 Å². The summed E-state index contributed by atoms with van der Waals surface area (Å²) in [7, 11) is -3.81. The number of nitrogens with zero attached hydrogens (tertiary/aromatic N) is 1. The van der Waals surface area contributed by atoms with Gasteiger partial charge in [-0.25, -0.2) is 12.8 Å². The van der Waals surface area contributed by atoms with Crippen LogP contribution in [0, 0.1) is 12.7 Å². The van der Waals surface area contributed by atoms with E-state index < -0.39 is 28.1 Å². The highest BCUT2D eigenvalue weighted by molar-refractivity contribution is 7.89. The Morgan fingerprint density at radius 1 is 1.11 bits per heavy atom. The van der Waals surface area contributed by atoms with E-state index >= 15 is 0 Å². The lowest BCUT2D eigenvalue weighted by atomic mass is 10.1. The molecule has 3 rings (SSSR count). The molecule has 5 nitrogen and oxygen atoms in total. The Bertz CT molecular complexity index is 910. The van der Waals surface area contributed by atoms with Gasteiger partial charge in [-0.1, -0.05) is 29.8 Å². The number of carboxylic acid groups (broad SMARTS) is 1. The fraction of sp³-hybridized carbons (Fsp3) is 0.350. The van der Waals surface area contributed by atoms with E-state index in [0.717, 1.165) is 5.56 Å². The van der Waals surface area contributed by atoms with Gasteiger partial charge in [0.25, 0.3) is 0 Å². The third-order valence-electron chi connectivity index (χ3n) is 4.98. The molecule has 0 bridgehead atoms. The van der Waals surface area contributed by atoms with Crippen LogP contribution in [0.3, 0.4) is 0 Å². The second-order valence-electron chi connectivity index (χ2n) is 6.88. The lowest BCUT2D eigenvalue weighted by Crippen LogP contribution is -2.37. The third-order valence-corrected chi connectivity index (χ3v) is 6.96. The van der Waals surface area contributed by atoms with Crippen molar-refractivity contribution in [2.45, 2.75) is 49.6 Å². The molecule has 0 radical (unpaired) electrons. The Morgan fingerprint density at radius 3 is 2.33 bits per heavy atom. The van der Waals surface area contributed by atoms with Gasteiger partial charge in [0, 0.05) is 12.5 Å². The van der Waals surface area contributed by atoms with Crippen molar-refractivity contribution in [3.8, 4) is 0 Å². The molecule has 1 heterocycles. The van der Waals surface area contributed by atoms with Gasteiger partial charge in [-0.05, 0) is 56.0 Å². The minimum Gasteiger partial charge on any atom is -0.481 e. The van der Waals surface area contributed by atoms with Gasteiger partial charge in [0.2, 0.25) is 10.0 Å².